The Balaban J connectivity index is 4.75. The van der Waals surface area contributed by atoms with Crippen molar-refractivity contribution in [1.82, 2.24) is 0 Å². The highest BCUT2D eigenvalue weighted by atomic mass is 17.0. The Kier molecular flexibility index (Phi) is 9.10. The Hall–Kier alpha value is -2.17. The Labute approximate surface area is 146 Å². The molecule has 0 bridgehead atoms. The molecule has 0 rings (SSSR count). The minimum Gasteiger partial charge on any atom is -0.465 e. The van der Waals surface area contributed by atoms with Crippen LogP contribution in [0.4, 0.5) is 0 Å². The Morgan fingerprint density at radius 3 is 2.04 bits per heavy atom. The maximum atomic E-state index is 12.0. The number of carbonyl (C=O) groups is 1. The summed E-state index contributed by atoms with van der Waals surface area (Å²) in [6.07, 6.45) is -0.192. The van der Waals surface area contributed by atoms with Crippen molar-refractivity contribution in [3.05, 3.63) is 20.2 Å². The second kappa shape index (κ2) is 9.97. The first-order chi connectivity index (χ1) is 11.4. The molecule has 0 saturated carbocycles. The summed E-state index contributed by atoms with van der Waals surface area (Å²) < 4.78 is 5.57. The molecule has 11 heteroatoms. The molecule has 0 aromatic heterocycles. The van der Waals surface area contributed by atoms with Gasteiger partial charge in [0.2, 0.25) is 0 Å². The van der Waals surface area contributed by atoms with E-state index in [1.54, 1.807) is 0 Å². The van der Waals surface area contributed by atoms with Crippen LogP contribution in [0.3, 0.4) is 0 Å². The third kappa shape index (κ3) is 10.3. The van der Waals surface area contributed by atoms with Gasteiger partial charge >= 0.3 is 5.97 Å². The monoisotopic (exact) mass is 366 g/mol. The van der Waals surface area contributed by atoms with Crippen molar-refractivity contribution in [1.29, 1.82) is 0 Å². The van der Waals surface area contributed by atoms with Crippen LogP contribution in [0.25, 0.3) is 0 Å². The summed E-state index contributed by atoms with van der Waals surface area (Å²) in [5, 5.41) is 19.2. The maximum Gasteiger partial charge on any atom is 0.308 e. The predicted molar refractivity (Wildman–Crippen MR) is 86.3 cm³/mol. The second-order valence-electron chi connectivity index (χ2n) is 6.99. The molecule has 0 aromatic carbocycles. The number of esters is 1. The fourth-order valence-corrected chi connectivity index (χ4v) is 2.24. The van der Waals surface area contributed by atoms with Crippen LogP contribution in [0, 0.1) is 25.6 Å². The topological polar surface area (TPSA) is 131 Å². The van der Waals surface area contributed by atoms with Gasteiger partial charge in [-0.15, -0.1) is 20.2 Å². The molecule has 25 heavy (non-hydrogen) atoms. The summed E-state index contributed by atoms with van der Waals surface area (Å²) in [5.41, 5.74) is -0.678. The van der Waals surface area contributed by atoms with Crippen LogP contribution in [0.1, 0.15) is 33.1 Å². The molecule has 11 nitrogen and oxygen atoms in total. The molecule has 0 N–H and O–H groups in total. The Morgan fingerprint density at radius 1 is 1.08 bits per heavy atom. The lowest BCUT2D eigenvalue weighted by Gasteiger charge is -2.30. The molecule has 146 valence electrons. The SMILES string of the molecule is CCC(CC)(COC(=O)CC(C[N+](C)(C)C)O[N+](=O)[O-])CO[N+](=O)[O-]. The van der Waals surface area contributed by atoms with Crippen molar-refractivity contribution in [2.75, 3.05) is 40.9 Å². The van der Waals surface area contributed by atoms with Gasteiger partial charge in [0.05, 0.1) is 34.2 Å². The van der Waals surface area contributed by atoms with Gasteiger partial charge in [0.15, 0.2) is 6.10 Å². The average molecular weight is 366 g/mol. The molecular formula is C14H28N3O8+. The summed E-state index contributed by atoms with van der Waals surface area (Å²) in [7, 11) is 5.45. The normalized spacial score (nSPS) is 13.0. The summed E-state index contributed by atoms with van der Waals surface area (Å²) in [4.78, 5) is 42.0. The molecule has 0 aliphatic carbocycles. The maximum absolute atomic E-state index is 12.0. The van der Waals surface area contributed by atoms with E-state index in [-0.39, 0.29) is 26.2 Å². The molecule has 0 aliphatic heterocycles. The van der Waals surface area contributed by atoms with E-state index in [9.17, 15) is 25.0 Å². The molecular weight excluding hydrogens is 338 g/mol. The lowest BCUT2D eigenvalue weighted by atomic mass is 9.84. The van der Waals surface area contributed by atoms with Gasteiger partial charge in [-0.25, -0.2) is 0 Å². The van der Waals surface area contributed by atoms with Crippen molar-refractivity contribution in [3.8, 4) is 0 Å². The fourth-order valence-electron chi connectivity index (χ4n) is 2.24. The number of hydrogen-bond donors (Lipinski definition) is 0. The van der Waals surface area contributed by atoms with Gasteiger partial charge in [0.25, 0.3) is 10.2 Å². The number of quaternary nitrogens is 1. The van der Waals surface area contributed by atoms with Crippen molar-refractivity contribution in [3.63, 3.8) is 0 Å². The number of nitrogens with zero attached hydrogens (tertiary/aromatic N) is 3. The van der Waals surface area contributed by atoms with E-state index >= 15 is 0 Å². The zero-order valence-electron chi connectivity index (χ0n) is 15.4. The Bertz CT molecular complexity index is 459. The third-order valence-corrected chi connectivity index (χ3v) is 3.90. The van der Waals surface area contributed by atoms with Crippen LogP contribution in [-0.2, 0) is 19.2 Å². The van der Waals surface area contributed by atoms with Gasteiger partial charge in [-0.1, -0.05) is 13.8 Å². The quantitative estimate of drug-likeness (QED) is 0.206. The highest BCUT2D eigenvalue weighted by Crippen LogP contribution is 2.27. The molecule has 0 aliphatic rings. The van der Waals surface area contributed by atoms with Gasteiger partial charge < -0.3 is 18.9 Å². The van der Waals surface area contributed by atoms with Crippen LogP contribution in [0.5, 0.6) is 0 Å². The van der Waals surface area contributed by atoms with Gasteiger partial charge in [-0.2, -0.15) is 0 Å². The lowest BCUT2D eigenvalue weighted by Crippen LogP contribution is -2.44. The Morgan fingerprint density at radius 2 is 1.64 bits per heavy atom. The van der Waals surface area contributed by atoms with Gasteiger partial charge in [0.1, 0.15) is 13.2 Å². The van der Waals surface area contributed by atoms with Crippen LogP contribution < -0.4 is 0 Å². The molecule has 0 aromatic rings. The van der Waals surface area contributed by atoms with E-state index in [2.05, 4.69) is 9.68 Å². The molecule has 1 atom stereocenters. The minimum atomic E-state index is -0.935. The molecule has 1 unspecified atom stereocenters. The largest absolute Gasteiger partial charge is 0.465 e. The second-order valence-corrected chi connectivity index (χ2v) is 6.99. The standard InChI is InChI=1S/C14H28N3O8/c1-6-14(7-2,11-24-15(19)20)10-23-13(18)8-12(25-16(21)22)9-17(3,4)5/h12H,6-11H2,1-5H3/q+1. The average Bonchev–Trinajstić information content (AvgIpc) is 2.45. The highest BCUT2D eigenvalue weighted by Gasteiger charge is 2.31. The number of hydrogen-bond acceptors (Lipinski definition) is 8. The summed E-state index contributed by atoms with van der Waals surface area (Å²) in [6, 6.07) is 0. The van der Waals surface area contributed by atoms with E-state index < -0.39 is 27.7 Å². The number of ether oxygens (including phenoxy) is 1. The van der Waals surface area contributed by atoms with E-state index in [1.807, 2.05) is 35.0 Å². The number of carbonyl (C=O) groups excluding carboxylic acids is 1. The first kappa shape index (κ1) is 22.8. The van der Waals surface area contributed by atoms with Crippen LogP contribution in [-0.4, -0.2) is 67.6 Å². The zero-order chi connectivity index (χ0) is 19.7. The van der Waals surface area contributed by atoms with Gasteiger partial charge in [-0.3, -0.25) is 4.79 Å². The lowest BCUT2D eigenvalue weighted by molar-refractivity contribution is -0.885. The molecule has 0 saturated heterocycles. The summed E-state index contributed by atoms with van der Waals surface area (Å²) in [6.45, 7) is 3.62. The van der Waals surface area contributed by atoms with Crippen molar-refractivity contribution in [2.24, 2.45) is 5.41 Å². The molecule has 0 fully saturated rings. The van der Waals surface area contributed by atoms with Crippen LogP contribution in [0.2, 0.25) is 0 Å². The minimum absolute atomic E-state index is 0.0672. The zero-order valence-corrected chi connectivity index (χ0v) is 15.4. The van der Waals surface area contributed by atoms with E-state index in [0.29, 0.717) is 17.3 Å². The third-order valence-electron chi connectivity index (χ3n) is 3.90. The first-order valence-corrected chi connectivity index (χ1v) is 7.97. The van der Waals surface area contributed by atoms with E-state index in [4.69, 9.17) is 4.74 Å². The molecule has 0 spiro atoms. The molecule has 0 radical (unpaired) electrons. The predicted octanol–water partition coefficient (Wildman–Crippen LogP) is 1.22. The van der Waals surface area contributed by atoms with Crippen molar-refractivity contribution in [2.45, 2.75) is 39.2 Å². The van der Waals surface area contributed by atoms with Gasteiger partial charge in [0, 0.05) is 5.41 Å². The molecule has 0 heterocycles. The van der Waals surface area contributed by atoms with E-state index in [0.717, 1.165) is 0 Å². The highest BCUT2D eigenvalue weighted by molar-refractivity contribution is 5.70. The van der Waals surface area contributed by atoms with E-state index in [1.165, 1.54) is 0 Å². The van der Waals surface area contributed by atoms with Crippen molar-refractivity contribution < 1.29 is 33.9 Å². The molecule has 0 amide bonds. The van der Waals surface area contributed by atoms with Crippen LogP contribution in [0.15, 0.2) is 0 Å². The summed E-state index contributed by atoms with van der Waals surface area (Å²) >= 11 is 0. The van der Waals surface area contributed by atoms with Crippen LogP contribution >= 0.6 is 0 Å². The van der Waals surface area contributed by atoms with Crippen molar-refractivity contribution >= 4 is 5.97 Å². The number of rotatable bonds is 13. The smallest absolute Gasteiger partial charge is 0.308 e. The summed E-state index contributed by atoms with van der Waals surface area (Å²) in [5.74, 6) is -0.660. The number of likely N-dealkylation sites (N-methyl/N-ethyl adjacent to an activating group) is 1. The fraction of sp³-hybridized carbons (Fsp3) is 0.929. The first-order valence-electron chi connectivity index (χ1n) is 7.97. The van der Waals surface area contributed by atoms with Gasteiger partial charge in [-0.05, 0) is 12.8 Å².